The first-order chi connectivity index (χ1) is 9.63. The third-order valence-electron chi connectivity index (χ3n) is 3.41. The number of carbonyl (C=O) groups excluding carboxylic acids is 2. The summed E-state index contributed by atoms with van der Waals surface area (Å²) < 4.78 is 0. The average Bonchev–Trinajstić information content (AvgIpc) is 2.88. The molecule has 0 bridgehead atoms. The molecule has 20 heavy (non-hydrogen) atoms. The van der Waals surface area contributed by atoms with Crippen LogP contribution in [0, 0.1) is 0 Å². The van der Waals surface area contributed by atoms with Crippen LogP contribution in [0.5, 0.6) is 0 Å². The smallest absolute Gasteiger partial charge is 0.315 e. The van der Waals surface area contributed by atoms with Gasteiger partial charge in [0.2, 0.25) is 5.91 Å². The van der Waals surface area contributed by atoms with Crippen molar-refractivity contribution < 1.29 is 9.59 Å². The van der Waals surface area contributed by atoms with Gasteiger partial charge in [-0.3, -0.25) is 4.79 Å². The summed E-state index contributed by atoms with van der Waals surface area (Å²) in [5.74, 6) is -0.0680. The number of nitrogens with zero attached hydrogens (tertiary/aromatic N) is 1. The fourth-order valence-corrected chi connectivity index (χ4v) is 2.35. The molecule has 1 aliphatic rings. The Hall–Kier alpha value is -2.04. The van der Waals surface area contributed by atoms with Crippen LogP contribution in [0.15, 0.2) is 24.3 Å². The van der Waals surface area contributed by atoms with Crippen molar-refractivity contribution in [2.75, 3.05) is 18.0 Å². The van der Waals surface area contributed by atoms with Gasteiger partial charge in [-0.25, -0.2) is 4.79 Å². The second-order valence-electron chi connectivity index (χ2n) is 4.99. The lowest BCUT2D eigenvalue weighted by molar-refractivity contribution is -0.119. The standard InChI is InChI=1S/C15H21N3O2/c1-3-9-16-15(20)17-11(2)14(19)18-10-8-12-6-4-5-7-13(12)18/h4-7,11H,3,8-10H2,1-2H3,(H2,16,17,20). The lowest BCUT2D eigenvalue weighted by Gasteiger charge is -2.22. The van der Waals surface area contributed by atoms with Gasteiger partial charge in [0.05, 0.1) is 0 Å². The number of hydrogen-bond acceptors (Lipinski definition) is 2. The highest BCUT2D eigenvalue weighted by Crippen LogP contribution is 2.27. The van der Waals surface area contributed by atoms with Gasteiger partial charge in [-0.1, -0.05) is 25.1 Å². The maximum Gasteiger partial charge on any atom is 0.315 e. The maximum absolute atomic E-state index is 12.4. The van der Waals surface area contributed by atoms with Gasteiger partial charge in [0, 0.05) is 18.8 Å². The Morgan fingerprint density at radius 2 is 2.10 bits per heavy atom. The molecule has 0 spiro atoms. The van der Waals surface area contributed by atoms with Gasteiger partial charge in [0.25, 0.3) is 0 Å². The van der Waals surface area contributed by atoms with E-state index in [0.717, 1.165) is 18.5 Å². The Labute approximate surface area is 119 Å². The van der Waals surface area contributed by atoms with Crippen molar-refractivity contribution in [1.82, 2.24) is 10.6 Å². The van der Waals surface area contributed by atoms with Crippen molar-refractivity contribution in [3.63, 3.8) is 0 Å². The van der Waals surface area contributed by atoms with E-state index in [4.69, 9.17) is 0 Å². The molecule has 3 amide bonds. The van der Waals surface area contributed by atoms with E-state index in [1.807, 2.05) is 31.2 Å². The van der Waals surface area contributed by atoms with Gasteiger partial charge in [-0.2, -0.15) is 0 Å². The molecule has 0 radical (unpaired) electrons. The maximum atomic E-state index is 12.4. The molecule has 5 heteroatoms. The van der Waals surface area contributed by atoms with Gasteiger partial charge in [-0.15, -0.1) is 0 Å². The number of hydrogen-bond donors (Lipinski definition) is 2. The predicted molar refractivity (Wildman–Crippen MR) is 78.8 cm³/mol. The Morgan fingerprint density at radius 1 is 1.35 bits per heavy atom. The minimum absolute atomic E-state index is 0.0680. The largest absolute Gasteiger partial charge is 0.338 e. The van der Waals surface area contributed by atoms with E-state index < -0.39 is 6.04 Å². The lowest BCUT2D eigenvalue weighted by atomic mass is 10.2. The van der Waals surface area contributed by atoms with Crippen molar-refractivity contribution >= 4 is 17.6 Å². The molecule has 1 heterocycles. The first-order valence-electron chi connectivity index (χ1n) is 7.07. The fraction of sp³-hybridized carbons (Fsp3) is 0.467. The monoisotopic (exact) mass is 275 g/mol. The summed E-state index contributed by atoms with van der Waals surface area (Å²) >= 11 is 0. The van der Waals surface area contributed by atoms with Gasteiger partial charge < -0.3 is 15.5 Å². The second-order valence-corrected chi connectivity index (χ2v) is 4.99. The van der Waals surface area contributed by atoms with Crippen LogP contribution in [0.1, 0.15) is 25.8 Å². The molecular weight excluding hydrogens is 254 g/mol. The fourth-order valence-electron chi connectivity index (χ4n) is 2.35. The van der Waals surface area contributed by atoms with E-state index in [0.29, 0.717) is 13.1 Å². The minimum Gasteiger partial charge on any atom is -0.338 e. The number of benzene rings is 1. The van der Waals surface area contributed by atoms with Crippen LogP contribution < -0.4 is 15.5 Å². The first kappa shape index (κ1) is 14.4. The Kier molecular flexibility index (Phi) is 4.61. The summed E-state index contributed by atoms with van der Waals surface area (Å²) in [4.78, 5) is 25.7. The molecule has 1 unspecified atom stereocenters. The predicted octanol–water partition coefficient (Wildman–Crippen LogP) is 1.67. The molecule has 0 saturated heterocycles. The van der Waals surface area contributed by atoms with Crippen LogP contribution in [0.2, 0.25) is 0 Å². The normalized spacial score (nSPS) is 14.6. The number of carbonyl (C=O) groups is 2. The molecule has 5 nitrogen and oxygen atoms in total. The van der Waals surface area contributed by atoms with Gasteiger partial charge in [-0.05, 0) is 31.4 Å². The molecule has 1 aromatic carbocycles. The Bertz CT molecular complexity index is 502. The quantitative estimate of drug-likeness (QED) is 0.878. The van der Waals surface area contributed by atoms with E-state index in [9.17, 15) is 9.59 Å². The molecule has 0 aromatic heterocycles. The number of fused-ring (bicyclic) bond motifs is 1. The number of nitrogens with one attached hydrogen (secondary N) is 2. The molecule has 1 aliphatic heterocycles. The molecule has 0 aliphatic carbocycles. The zero-order valence-corrected chi connectivity index (χ0v) is 12.0. The Morgan fingerprint density at radius 3 is 2.85 bits per heavy atom. The molecule has 108 valence electrons. The van der Waals surface area contributed by atoms with Crippen LogP contribution in [-0.2, 0) is 11.2 Å². The van der Waals surface area contributed by atoms with Crippen LogP contribution in [0.4, 0.5) is 10.5 Å². The molecule has 1 aromatic rings. The van der Waals surface area contributed by atoms with Crippen LogP contribution in [0.25, 0.3) is 0 Å². The van der Waals surface area contributed by atoms with E-state index >= 15 is 0 Å². The molecule has 2 rings (SSSR count). The number of para-hydroxylation sites is 1. The van der Waals surface area contributed by atoms with E-state index in [1.165, 1.54) is 5.56 Å². The summed E-state index contributed by atoms with van der Waals surface area (Å²) in [6.07, 6.45) is 1.74. The molecule has 2 N–H and O–H groups in total. The summed E-state index contributed by atoms with van der Waals surface area (Å²) in [6.45, 7) is 4.99. The van der Waals surface area contributed by atoms with E-state index in [1.54, 1.807) is 11.8 Å². The third kappa shape index (κ3) is 3.10. The zero-order valence-electron chi connectivity index (χ0n) is 12.0. The van der Waals surface area contributed by atoms with Crippen molar-refractivity contribution in [3.8, 4) is 0 Å². The van der Waals surface area contributed by atoms with Crippen molar-refractivity contribution in [1.29, 1.82) is 0 Å². The number of anilines is 1. The first-order valence-corrected chi connectivity index (χ1v) is 7.07. The molecule has 1 atom stereocenters. The molecule has 0 fully saturated rings. The van der Waals surface area contributed by atoms with Crippen LogP contribution in [0.3, 0.4) is 0 Å². The highest BCUT2D eigenvalue weighted by atomic mass is 16.2. The van der Waals surface area contributed by atoms with E-state index in [2.05, 4.69) is 10.6 Å². The summed E-state index contributed by atoms with van der Waals surface area (Å²) in [5.41, 5.74) is 2.14. The topological polar surface area (TPSA) is 61.4 Å². The van der Waals surface area contributed by atoms with Gasteiger partial charge in [0.15, 0.2) is 0 Å². The number of amides is 3. The number of urea groups is 1. The highest BCUT2D eigenvalue weighted by Gasteiger charge is 2.28. The van der Waals surface area contributed by atoms with Crippen LogP contribution in [-0.4, -0.2) is 31.1 Å². The van der Waals surface area contributed by atoms with Gasteiger partial charge in [0.1, 0.15) is 6.04 Å². The summed E-state index contributed by atoms with van der Waals surface area (Å²) in [6, 6.07) is 7.07. The highest BCUT2D eigenvalue weighted by molar-refractivity contribution is 6.00. The van der Waals surface area contributed by atoms with E-state index in [-0.39, 0.29) is 11.9 Å². The third-order valence-corrected chi connectivity index (χ3v) is 3.41. The molecular formula is C15H21N3O2. The van der Waals surface area contributed by atoms with Crippen LogP contribution >= 0.6 is 0 Å². The van der Waals surface area contributed by atoms with Crippen molar-refractivity contribution in [3.05, 3.63) is 29.8 Å². The summed E-state index contributed by atoms with van der Waals surface area (Å²) in [5, 5.41) is 5.39. The van der Waals surface area contributed by atoms with Crippen molar-refractivity contribution in [2.45, 2.75) is 32.7 Å². The van der Waals surface area contributed by atoms with Gasteiger partial charge >= 0.3 is 6.03 Å². The minimum atomic E-state index is -0.530. The zero-order chi connectivity index (χ0) is 14.5. The number of rotatable bonds is 4. The Balaban J connectivity index is 1.96. The summed E-state index contributed by atoms with van der Waals surface area (Å²) in [7, 11) is 0. The average molecular weight is 275 g/mol. The SMILES string of the molecule is CCCNC(=O)NC(C)C(=O)N1CCc2ccccc21. The van der Waals surface area contributed by atoms with Crippen molar-refractivity contribution in [2.24, 2.45) is 0 Å². The second kappa shape index (κ2) is 6.41. The lowest BCUT2D eigenvalue weighted by Crippen LogP contribution is -2.49. The molecule has 0 saturated carbocycles.